The highest BCUT2D eigenvalue weighted by atomic mass is 32.1. The number of carbonyl (C=O) groups excluding carboxylic acids is 1. The molecule has 0 atom stereocenters. The minimum Gasteiger partial charge on any atom is -0.336 e. The predicted molar refractivity (Wildman–Crippen MR) is 112 cm³/mol. The Morgan fingerprint density at radius 2 is 2.10 bits per heavy atom. The molecule has 1 aliphatic rings. The first-order valence-corrected chi connectivity index (χ1v) is 10.3. The number of carbonyl (C=O) groups is 1. The minimum absolute atomic E-state index is 0.0870. The Kier molecular flexibility index (Phi) is 4.39. The summed E-state index contributed by atoms with van der Waals surface area (Å²) in [5.41, 5.74) is 2.61. The molecule has 0 saturated carbocycles. The van der Waals surface area contributed by atoms with Gasteiger partial charge in [0.15, 0.2) is 11.6 Å². The van der Waals surface area contributed by atoms with Gasteiger partial charge in [-0.25, -0.2) is 4.52 Å². The molecule has 0 aromatic carbocycles. The Hall–Kier alpha value is -3.40. The molecule has 1 aliphatic heterocycles. The van der Waals surface area contributed by atoms with Gasteiger partial charge in [0.25, 0.3) is 5.91 Å². The molecule has 1 amide bonds. The fourth-order valence-corrected chi connectivity index (χ4v) is 4.06. The van der Waals surface area contributed by atoms with Crippen molar-refractivity contribution in [1.82, 2.24) is 29.7 Å². The summed E-state index contributed by atoms with van der Waals surface area (Å²) in [6, 6.07) is 7.70. The molecule has 5 rings (SSSR count). The summed E-state index contributed by atoms with van der Waals surface area (Å²) in [6.45, 7) is 4.60. The molecule has 9 nitrogen and oxygen atoms in total. The van der Waals surface area contributed by atoms with Crippen LogP contribution >= 0.6 is 11.3 Å². The second kappa shape index (κ2) is 7.21. The van der Waals surface area contributed by atoms with Crippen LogP contribution in [-0.4, -0.2) is 61.8 Å². The molecule has 4 aromatic heterocycles. The normalized spacial score (nSPS) is 14.5. The largest absolute Gasteiger partial charge is 0.336 e. The number of nitrogens with one attached hydrogen (secondary N) is 2. The van der Waals surface area contributed by atoms with Crippen molar-refractivity contribution < 1.29 is 4.79 Å². The molecule has 2 N–H and O–H groups in total. The van der Waals surface area contributed by atoms with E-state index in [0.29, 0.717) is 43.8 Å². The number of aryl methyl sites for hydroxylation is 1. The van der Waals surface area contributed by atoms with E-state index in [0.717, 1.165) is 16.8 Å². The van der Waals surface area contributed by atoms with Crippen molar-refractivity contribution in [2.24, 2.45) is 0 Å². The van der Waals surface area contributed by atoms with Gasteiger partial charge in [-0.05, 0) is 30.5 Å². The van der Waals surface area contributed by atoms with E-state index in [1.807, 2.05) is 57.6 Å². The Labute approximate surface area is 171 Å². The van der Waals surface area contributed by atoms with Gasteiger partial charge in [-0.2, -0.15) is 21.4 Å². The smallest absolute Gasteiger partial charge is 0.254 e. The molecule has 10 heteroatoms. The lowest BCUT2D eigenvalue weighted by atomic mass is 10.2. The number of aromatic amines is 1. The topological polar surface area (TPSA) is 94.5 Å². The molecule has 29 heavy (non-hydrogen) atoms. The van der Waals surface area contributed by atoms with Crippen molar-refractivity contribution in [2.75, 3.05) is 36.4 Å². The van der Waals surface area contributed by atoms with Gasteiger partial charge in [-0.15, -0.1) is 5.10 Å². The predicted octanol–water partition coefficient (Wildman–Crippen LogP) is 2.53. The summed E-state index contributed by atoms with van der Waals surface area (Å²) in [4.78, 5) is 21.3. The number of anilines is 3. The van der Waals surface area contributed by atoms with Crippen LogP contribution in [0.3, 0.4) is 0 Å². The maximum atomic E-state index is 12.6. The zero-order valence-electron chi connectivity index (χ0n) is 15.9. The van der Waals surface area contributed by atoms with E-state index in [2.05, 4.69) is 25.5 Å². The molecule has 4 aromatic rings. The van der Waals surface area contributed by atoms with E-state index in [1.165, 1.54) is 0 Å². The molecule has 0 unspecified atom stereocenters. The number of aromatic nitrogens is 5. The van der Waals surface area contributed by atoms with Crippen molar-refractivity contribution in [1.29, 1.82) is 0 Å². The average molecular weight is 408 g/mol. The summed E-state index contributed by atoms with van der Waals surface area (Å²) in [6.07, 6.45) is 1.90. The third kappa shape index (κ3) is 3.42. The lowest BCUT2D eigenvalue weighted by Crippen LogP contribution is -2.49. The molecule has 0 spiro atoms. The minimum atomic E-state index is 0.0870. The number of rotatable bonds is 4. The van der Waals surface area contributed by atoms with Gasteiger partial charge < -0.3 is 15.1 Å². The summed E-state index contributed by atoms with van der Waals surface area (Å²) >= 11 is 1.54. The van der Waals surface area contributed by atoms with Gasteiger partial charge in [-0.1, -0.05) is 0 Å². The third-order valence-electron chi connectivity index (χ3n) is 4.95. The van der Waals surface area contributed by atoms with Crippen molar-refractivity contribution in [3.8, 4) is 0 Å². The highest BCUT2D eigenvalue weighted by Gasteiger charge is 2.24. The number of hydrogen-bond donors (Lipinski definition) is 2. The fourth-order valence-electron chi connectivity index (χ4n) is 3.43. The third-order valence-corrected chi connectivity index (χ3v) is 5.63. The van der Waals surface area contributed by atoms with Crippen LogP contribution in [0, 0.1) is 6.92 Å². The second-order valence-electron chi connectivity index (χ2n) is 6.95. The number of thiophene rings is 1. The molecule has 5 heterocycles. The quantitative estimate of drug-likeness (QED) is 0.539. The zero-order valence-corrected chi connectivity index (χ0v) is 16.7. The van der Waals surface area contributed by atoms with Crippen LogP contribution < -0.4 is 10.2 Å². The molecule has 1 saturated heterocycles. The van der Waals surface area contributed by atoms with Crippen molar-refractivity contribution in [2.45, 2.75) is 6.92 Å². The van der Waals surface area contributed by atoms with Gasteiger partial charge >= 0.3 is 0 Å². The Bertz CT molecular complexity index is 1140. The van der Waals surface area contributed by atoms with E-state index in [9.17, 15) is 4.79 Å². The molecule has 0 aliphatic carbocycles. The first-order chi connectivity index (χ1) is 14.2. The Balaban J connectivity index is 1.36. The first kappa shape index (κ1) is 17.7. The van der Waals surface area contributed by atoms with Crippen LogP contribution in [0.15, 0.2) is 41.2 Å². The van der Waals surface area contributed by atoms with Crippen LogP contribution in [0.4, 0.5) is 17.6 Å². The number of nitrogens with zero attached hydrogens (tertiary/aromatic N) is 6. The van der Waals surface area contributed by atoms with Gasteiger partial charge in [0.1, 0.15) is 5.52 Å². The number of hydrogen-bond acceptors (Lipinski definition) is 7. The number of H-pyrrole nitrogens is 1. The van der Waals surface area contributed by atoms with E-state index in [1.54, 1.807) is 11.3 Å². The summed E-state index contributed by atoms with van der Waals surface area (Å²) in [7, 11) is 0. The van der Waals surface area contributed by atoms with E-state index >= 15 is 0 Å². The zero-order chi connectivity index (χ0) is 19.8. The summed E-state index contributed by atoms with van der Waals surface area (Å²) in [5, 5.41) is 18.9. The van der Waals surface area contributed by atoms with Crippen LogP contribution in [0.2, 0.25) is 0 Å². The SMILES string of the molecule is Cc1cc(Nc2nc(N3CCN(C(=O)c4ccsc4)CC3)nn3cccc23)n[nH]1. The maximum Gasteiger partial charge on any atom is 0.254 e. The Morgan fingerprint density at radius 1 is 1.24 bits per heavy atom. The molecular formula is C19H20N8OS. The van der Waals surface area contributed by atoms with E-state index in [-0.39, 0.29) is 5.91 Å². The highest BCUT2D eigenvalue weighted by Crippen LogP contribution is 2.23. The number of fused-ring (bicyclic) bond motifs is 1. The van der Waals surface area contributed by atoms with Crippen molar-refractivity contribution in [3.63, 3.8) is 0 Å². The average Bonchev–Trinajstić information content (AvgIpc) is 3.49. The summed E-state index contributed by atoms with van der Waals surface area (Å²) in [5.74, 6) is 2.12. The molecular weight excluding hydrogens is 388 g/mol. The molecule has 0 bridgehead atoms. The van der Waals surface area contributed by atoms with Crippen LogP contribution in [0.5, 0.6) is 0 Å². The molecule has 0 radical (unpaired) electrons. The van der Waals surface area contributed by atoms with Gasteiger partial charge in [0.2, 0.25) is 5.95 Å². The summed E-state index contributed by atoms with van der Waals surface area (Å²) < 4.78 is 1.81. The van der Waals surface area contributed by atoms with Crippen LogP contribution in [-0.2, 0) is 0 Å². The van der Waals surface area contributed by atoms with Crippen LogP contribution in [0.1, 0.15) is 16.1 Å². The van der Waals surface area contributed by atoms with Crippen molar-refractivity contribution in [3.05, 3.63) is 52.5 Å². The Morgan fingerprint density at radius 3 is 2.83 bits per heavy atom. The number of piperazine rings is 1. The first-order valence-electron chi connectivity index (χ1n) is 9.38. The molecule has 148 valence electrons. The maximum absolute atomic E-state index is 12.6. The standard InChI is InChI=1S/C19H20N8OS/c1-13-11-16(23-22-13)20-17-15-3-2-5-27(15)24-19(21-17)26-8-6-25(7-9-26)18(28)14-4-10-29-12-14/h2-5,10-12H,6-9H2,1H3,(H2,20,21,22,23,24). The van der Waals surface area contributed by atoms with Gasteiger partial charge in [0, 0.05) is 49.5 Å². The van der Waals surface area contributed by atoms with Gasteiger partial charge in [-0.3, -0.25) is 9.89 Å². The lowest BCUT2D eigenvalue weighted by molar-refractivity contribution is 0.0746. The highest BCUT2D eigenvalue weighted by molar-refractivity contribution is 7.08. The van der Waals surface area contributed by atoms with Crippen LogP contribution in [0.25, 0.3) is 5.52 Å². The number of amides is 1. The molecule has 1 fully saturated rings. The van der Waals surface area contributed by atoms with E-state index in [4.69, 9.17) is 4.98 Å². The second-order valence-corrected chi connectivity index (χ2v) is 7.73. The van der Waals surface area contributed by atoms with E-state index < -0.39 is 0 Å². The monoisotopic (exact) mass is 408 g/mol. The fraction of sp³-hybridized carbons (Fsp3) is 0.263. The van der Waals surface area contributed by atoms with Gasteiger partial charge in [0.05, 0.1) is 5.56 Å². The lowest BCUT2D eigenvalue weighted by Gasteiger charge is -2.34. The van der Waals surface area contributed by atoms with Crippen molar-refractivity contribution >= 4 is 40.3 Å².